The fourth-order valence-electron chi connectivity index (χ4n) is 4.54. The Morgan fingerprint density at radius 1 is 1.14 bits per heavy atom. The summed E-state index contributed by atoms with van der Waals surface area (Å²) in [5, 5.41) is 10.1. The molecule has 1 saturated carbocycles. The number of hydrogen-bond donors (Lipinski definition) is 1. The summed E-state index contributed by atoms with van der Waals surface area (Å²) in [4.78, 5) is 43.1. The second-order valence-electron chi connectivity index (χ2n) is 11.6. The van der Waals surface area contributed by atoms with Crippen molar-refractivity contribution in [2.45, 2.75) is 103 Å². The van der Waals surface area contributed by atoms with Crippen molar-refractivity contribution in [3.63, 3.8) is 0 Å². The Morgan fingerprint density at radius 3 is 2.29 bits per heavy atom. The van der Waals surface area contributed by atoms with Crippen molar-refractivity contribution < 1.29 is 29.0 Å². The molecule has 1 heterocycles. The Labute approximate surface area is 207 Å². The summed E-state index contributed by atoms with van der Waals surface area (Å²) in [5.41, 5.74) is -1.98. The summed E-state index contributed by atoms with van der Waals surface area (Å²) in [7, 11) is 0. The van der Waals surface area contributed by atoms with Crippen LogP contribution in [0.2, 0.25) is 0 Å². The van der Waals surface area contributed by atoms with E-state index in [1.807, 2.05) is 10.8 Å². The van der Waals surface area contributed by atoms with Crippen LogP contribution in [-0.4, -0.2) is 55.5 Å². The van der Waals surface area contributed by atoms with Gasteiger partial charge in [-0.25, -0.2) is 19.5 Å². The minimum Gasteiger partial charge on any atom is -0.481 e. The number of aliphatic carboxylic acids is 1. The van der Waals surface area contributed by atoms with Gasteiger partial charge in [0, 0.05) is 12.7 Å². The minimum absolute atomic E-state index is 0.0807. The van der Waals surface area contributed by atoms with Crippen molar-refractivity contribution in [3.8, 4) is 0 Å². The molecule has 1 N–H and O–H groups in total. The first kappa shape index (κ1) is 26.8. The molecular formula is C26H39N3O6. The first-order chi connectivity index (χ1) is 16.2. The summed E-state index contributed by atoms with van der Waals surface area (Å²) in [6.07, 6.45) is 11.0. The molecule has 3 atom stereocenters. The highest BCUT2D eigenvalue weighted by Crippen LogP contribution is 2.56. The van der Waals surface area contributed by atoms with Crippen molar-refractivity contribution in [3.05, 3.63) is 30.4 Å². The van der Waals surface area contributed by atoms with Gasteiger partial charge >= 0.3 is 18.2 Å². The molecule has 9 heteroatoms. The van der Waals surface area contributed by atoms with E-state index in [9.17, 15) is 19.5 Å². The normalized spacial score (nSPS) is 24.1. The number of nitrogens with zero attached hydrogens (tertiary/aromatic N) is 3. The van der Waals surface area contributed by atoms with Crippen molar-refractivity contribution in [2.75, 3.05) is 6.54 Å². The number of ether oxygens (including phenoxy) is 2. The van der Waals surface area contributed by atoms with Gasteiger partial charge in [0.05, 0.1) is 18.1 Å². The van der Waals surface area contributed by atoms with Crippen molar-refractivity contribution in [1.29, 1.82) is 0 Å². The van der Waals surface area contributed by atoms with Gasteiger partial charge < -0.3 is 19.1 Å². The molecule has 3 rings (SSSR count). The number of allylic oxidation sites excluding steroid dienone is 2. The molecule has 0 spiro atoms. The first-order valence-electron chi connectivity index (χ1n) is 12.4. The summed E-state index contributed by atoms with van der Waals surface area (Å²) >= 11 is 0. The van der Waals surface area contributed by atoms with Gasteiger partial charge in [-0.15, -0.1) is 0 Å². The van der Waals surface area contributed by atoms with Crippen LogP contribution in [0.4, 0.5) is 9.59 Å². The molecule has 3 unspecified atom stereocenters. The number of rotatable bonds is 7. The van der Waals surface area contributed by atoms with E-state index < -0.39 is 34.8 Å². The van der Waals surface area contributed by atoms with E-state index in [-0.39, 0.29) is 18.5 Å². The fourth-order valence-corrected chi connectivity index (χ4v) is 4.54. The van der Waals surface area contributed by atoms with Gasteiger partial charge in [0.1, 0.15) is 16.6 Å². The largest absolute Gasteiger partial charge is 0.481 e. The Hall–Kier alpha value is -2.84. The van der Waals surface area contributed by atoms with Crippen LogP contribution in [0, 0.1) is 5.92 Å². The molecule has 1 fully saturated rings. The van der Waals surface area contributed by atoms with Crippen molar-refractivity contribution in [1.82, 2.24) is 14.5 Å². The number of hydrogen-bond acceptors (Lipinski definition) is 6. The van der Waals surface area contributed by atoms with Crippen LogP contribution in [0.3, 0.4) is 0 Å². The number of carbonyl (C=O) groups excluding carboxylic acids is 2. The standard InChI is InChI=1S/C26H39N3O6/c1-24(2,3)34-22(32)29(23(33)35-25(4,5)6)14-10-11-18-15-26(18,21(30)31)20-16-28(17-27-20)19-12-8-7-9-13-19/h8,12,16-19H,7,9-11,13-15H2,1-6H3,(H,30,31). The van der Waals surface area contributed by atoms with Gasteiger partial charge in [0.15, 0.2) is 0 Å². The second kappa shape index (κ2) is 10.0. The van der Waals surface area contributed by atoms with Crippen molar-refractivity contribution in [2.24, 2.45) is 5.92 Å². The van der Waals surface area contributed by atoms with Crippen LogP contribution in [-0.2, 0) is 19.7 Å². The lowest BCUT2D eigenvalue weighted by Crippen LogP contribution is -2.44. The van der Waals surface area contributed by atoms with Crippen LogP contribution >= 0.6 is 0 Å². The van der Waals surface area contributed by atoms with Crippen LogP contribution in [0.1, 0.15) is 91.8 Å². The highest BCUT2D eigenvalue weighted by Gasteiger charge is 2.62. The van der Waals surface area contributed by atoms with E-state index >= 15 is 0 Å². The van der Waals surface area contributed by atoms with Crippen LogP contribution in [0.25, 0.3) is 0 Å². The predicted octanol–water partition coefficient (Wildman–Crippen LogP) is 5.46. The van der Waals surface area contributed by atoms with Gasteiger partial charge in [-0.05, 0) is 86.0 Å². The lowest BCUT2D eigenvalue weighted by Gasteiger charge is -2.28. The molecular weight excluding hydrogens is 450 g/mol. The molecule has 9 nitrogen and oxygen atoms in total. The summed E-state index contributed by atoms with van der Waals surface area (Å²) in [6, 6.07) is 0.212. The van der Waals surface area contributed by atoms with E-state index in [0.29, 0.717) is 25.0 Å². The number of aromatic nitrogens is 2. The lowest BCUT2D eigenvalue weighted by molar-refractivity contribution is -0.140. The molecule has 0 aromatic carbocycles. The molecule has 0 aliphatic heterocycles. The van der Waals surface area contributed by atoms with Crippen molar-refractivity contribution >= 4 is 18.2 Å². The SMILES string of the molecule is CC(C)(C)OC(=O)N(CCCC1CC1(C(=O)O)c1cn(C2C=CCCC2)cn1)C(=O)OC(C)(C)C. The number of carboxylic acids is 1. The average molecular weight is 490 g/mol. The van der Waals surface area contributed by atoms with Crippen LogP contribution in [0.15, 0.2) is 24.7 Å². The number of carbonyl (C=O) groups is 3. The zero-order valence-electron chi connectivity index (χ0n) is 21.7. The minimum atomic E-state index is -1.02. The molecule has 0 radical (unpaired) electrons. The third-order valence-corrected chi connectivity index (χ3v) is 6.32. The maximum atomic E-state index is 12.7. The fraction of sp³-hybridized carbons (Fsp3) is 0.692. The van der Waals surface area contributed by atoms with Gasteiger partial charge in [-0.1, -0.05) is 12.2 Å². The molecule has 0 saturated heterocycles. The molecule has 1 aromatic heterocycles. The predicted molar refractivity (Wildman–Crippen MR) is 130 cm³/mol. The average Bonchev–Trinajstić information content (AvgIpc) is 3.25. The summed E-state index contributed by atoms with van der Waals surface area (Å²) < 4.78 is 12.8. The number of imide groups is 1. The Bertz CT molecular complexity index is 942. The number of imidazole rings is 1. The Balaban J connectivity index is 1.65. The Kier molecular flexibility index (Phi) is 7.67. The van der Waals surface area contributed by atoms with E-state index in [2.05, 4.69) is 17.1 Å². The molecule has 2 amide bonds. The molecule has 1 aromatic rings. The second-order valence-corrected chi connectivity index (χ2v) is 11.6. The van der Waals surface area contributed by atoms with Gasteiger partial charge in [0.25, 0.3) is 0 Å². The van der Waals surface area contributed by atoms with E-state index in [1.165, 1.54) is 0 Å². The summed E-state index contributed by atoms with van der Waals surface area (Å²) in [6.45, 7) is 10.4. The van der Waals surface area contributed by atoms with E-state index in [0.717, 1.165) is 24.2 Å². The summed E-state index contributed by atoms with van der Waals surface area (Å²) in [5.74, 6) is -1.01. The third-order valence-electron chi connectivity index (χ3n) is 6.32. The quantitative estimate of drug-likeness (QED) is 0.506. The van der Waals surface area contributed by atoms with Gasteiger partial charge in [-0.2, -0.15) is 0 Å². The van der Waals surface area contributed by atoms with E-state index in [1.54, 1.807) is 47.9 Å². The molecule has 0 bridgehead atoms. The first-order valence-corrected chi connectivity index (χ1v) is 12.4. The monoisotopic (exact) mass is 489 g/mol. The zero-order chi connectivity index (χ0) is 26.0. The molecule has 2 aliphatic carbocycles. The maximum absolute atomic E-state index is 12.7. The topological polar surface area (TPSA) is 111 Å². The highest BCUT2D eigenvalue weighted by atomic mass is 16.6. The Morgan fingerprint density at radius 2 is 1.77 bits per heavy atom. The number of carboxylic acid groups (broad SMARTS) is 1. The van der Waals surface area contributed by atoms with Gasteiger partial charge in [-0.3, -0.25) is 4.79 Å². The smallest absolute Gasteiger partial charge is 0.419 e. The highest BCUT2D eigenvalue weighted by molar-refractivity contribution is 5.88. The molecule has 35 heavy (non-hydrogen) atoms. The zero-order valence-corrected chi connectivity index (χ0v) is 21.7. The molecule has 194 valence electrons. The van der Waals surface area contributed by atoms with Gasteiger partial charge in [0.2, 0.25) is 0 Å². The third kappa shape index (κ3) is 6.64. The molecule has 2 aliphatic rings. The number of amides is 2. The lowest BCUT2D eigenvalue weighted by atomic mass is 9.97. The van der Waals surface area contributed by atoms with Crippen LogP contribution < -0.4 is 0 Å². The maximum Gasteiger partial charge on any atom is 0.419 e. The van der Waals surface area contributed by atoms with Crippen LogP contribution in [0.5, 0.6) is 0 Å². The van der Waals surface area contributed by atoms with E-state index in [4.69, 9.17) is 9.47 Å².